The van der Waals surface area contributed by atoms with Crippen molar-refractivity contribution in [3.8, 4) is 0 Å². The van der Waals surface area contributed by atoms with Gasteiger partial charge in [-0.15, -0.1) is 0 Å². The Kier molecular flexibility index (Phi) is 4.77. The maximum Gasteiger partial charge on any atom is 0.321 e. The van der Waals surface area contributed by atoms with Crippen LogP contribution in [0.2, 0.25) is 0 Å². The van der Waals surface area contributed by atoms with Gasteiger partial charge in [0.2, 0.25) is 0 Å². The van der Waals surface area contributed by atoms with E-state index in [1.807, 2.05) is 30.3 Å². The molecule has 0 saturated heterocycles. The maximum absolute atomic E-state index is 11.5. The lowest BCUT2D eigenvalue weighted by Crippen LogP contribution is -2.49. The van der Waals surface area contributed by atoms with Crippen molar-refractivity contribution in [1.29, 1.82) is 0 Å². The van der Waals surface area contributed by atoms with Gasteiger partial charge >= 0.3 is 5.97 Å². The molecule has 3 nitrogen and oxygen atoms in total. The van der Waals surface area contributed by atoms with E-state index in [1.165, 1.54) is 11.1 Å². The van der Waals surface area contributed by atoms with Crippen molar-refractivity contribution in [3.63, 3.8) is 0 Å². The summed E-state index contributed by atoms with van der Waals surface area (Å²) in [5, 5.41) is 12.8. The van der Waals surface area contributed by atoms with Crippen molar-refractivity contribution in [3.05, 3.63) is 71.3 Å². The van der Waals surface area contributed by atoms with Crippen LogP contribution < -0.4 is 5.32 Å². The molecule has 120 valence electrons. The number of aryl methyl sites for hydroxylation is 1. The molecule has 3 rings (SSSR count). The second-order valence-electron chi connectivity index (χ2n) is 6.47. The molecule has 23 heavy (non-hydrogen) atoms. The number of carboxylic acid groups (broad SMARTS) is 1. The fourth-order valence-corrected chi connectivity index (χ4v) is 3.40. The first-order valence-corrected chi connectivity index (χ1v) is 8.22. The normalized spacial score (nSPS) is 21.4. The highest BCUT2D eigenvalue weighted by Crippen LogP contribution is 2.38. The van der Waals surface area contributed by atoms with E-state index in [2.05, 4.69) is 36.5 Å². The summed E-state index contributed by atoms with van der Waals surface area (Å²) < 4.78 is 0. The van der Waals surface area contributed by atoms with Crippen LogP contribution in [0.1, 0.15) is 35.4 Å². The van der Waals surface area contributed by atoms with Gasteiger partial charge in [0.15, 0.2) is 0 Å². The van der Waals surface area contributed by atoms with Crippen LogP contribution in [0.25, 0.3) is 0 Å². The number of carbonyl (C=O) groups is 1. The van der Waals surface area contributed by atoms with Crippen LogP contribution in [0, 0.1) is 6.92 Å². The Balaban J connectivity index is 1.57. The summed E-state index contributed by atoms with van der Waals surface area (Å²) >= 11 is 0. The first-order chi connectivity index (χ1) is 11.1. The average molecular weight is 309 g/mol. The highest BCUT2D eigenvalue weighted by Gasteiger charge is 2.33. The number of aliphatic carboxylic acids is 1. The molecule has 1 atom stereocenters. The van der Waals surface area contributed by atoms with Crippen LogP contribution in [0.15, 0.2) is 54.6 Å². The fourth-order valence-electron chi connectivity index (χ4n) is 3.40. The predicted octanol–water partition coefficient (Wildman–Crippen LogP) is 3.53. The van der Waals surface area contributed by atoms with Crippen LogP contribution in [0.4, 0.5) is 0 Å². The molecule has 0 aliphatic heterocycles. The molecular weight excluding hydrogens is 286 g/mol. The van der Waals surface area contributed by atoms with Crippen molar-refractivity contribution >= 4 is 5.97 Å². The molecular formula is C20H23NO2. The van der Waals surface area contributed by atoms with Gasteiger partial charge in [-0.3, -0.25) is 4.79 Å². The molecule has 0 bridgehead atoms. The third-order valence-corrected chi connectivity index (χ3v) is 4.78. The van der Waals surface area contributed by atoms with E-state index in [-0.39, 0.29) is 0 Å². The Morgan fingerprint density at radius 2 is 1.78 bits per heavy atom. The number of benzene rings is 2. The Morgan fingerprint density at radius 3 is 2.43 bits per heavy atom. The van der Waals surface area contributed by atoms with E-state index in [1.54, 1.807) is 0 Å². The monoisotopic (exact) mass is 309 g/mol. The summed E-state index contributed by atoms with van der Waals surface area (Å²) in [5.74, 6) is -0.215. The lowest BCUT2D eigenvalue weighted by molar-refractivity contribution is -0.139. The Morgan fingerprint density at radius 1 is 1.13 bits per heavy atom. The van der Waals surface area contributed by atoms with Gasteiger partial charge in [-0.05, 0) is 48.8 Å². The zero-order valence-electron chi connectivity index (χ0n) is 13.4. The van der Waals surface area contributed by atoms with Crippen LogP contribution in [-0.2, 0) is 11.2 Å². The van der Waals surface area contributed by atoms with Crippen LogP contribution in [0.3, 0.4) is 0 Å². The van der Waals surface area contributed by atoms with E-state index < -0.39 is 12.0 Å². The Labute approximate surface area is 137 Å². The summed E-state index contributed by atoms with van der Waals surface area (Å²) in [6.45, 7) is 2.14. The SMILES string of the molecule is Cc1ccccc1C1CC(N[C@@H](Cc2ccccc2)C(=O)O)C1. The van der Waals surface area contributed by atoms with Gasteiger partial charge in [0.1, 0.15) is 6.04 Å². The van der Waals surface area contributed by atoms with E-state index in [9.17, 15) is 9.90 Å². The quantitative estimate of drug-likeness (QED) is 0.858. The number of carboxylic acids is 1. The number of nitrogens with one attached hydrogen (secondary N) is 1. The smallest absolute Gasteiger partial charge is 0.321 e. The zero-order valence-corrected chi connectivity index (χ0v) is 13.4. The van der Waals surface area contributed by atoms with E-state index in [0.29, 0.717) is 18.4 Å². The van der Waals surface area contributed by atoms with Gasteiger partial charge < -0.3 is 10.4 Å². The van der Waals surface area contributed by atoms with Crippen LogP contribution >= 0.6 is 0 Å². The van der Waals surface area contributed by atoms with Gasteiger partial charge in [0.25, 0.3) is 0 Å². The van der Waals surface area contributed by atoms with Crippen molar-refractivity contribution < 1.29 is 9.90 Å². The molecule has 2 aromatic carbocycles. The first kappa shape index (κ1) is 15.8. The van der Waals surface area contributed by atoms with Crippen molar-refractivity contribution in [2.24, 2.45) is 0 Å². The molecule has 0 aromatic heterocycles. The van der Waals surface area contributed by atoms with Gasteiger partial charge in [0.05, 0.1) is 0 Å². The van der Waals surface area contributed by atoms with Gasteiger partial charge in [0, 0.05) is 6.04 Å². The molecule has 0 heterocycles. The molecule has 1 aliphatic carbocycles. The van der Waals surface area contributed by atoms with Gasteiger partial charge in [-0.2, -0.15) is 0 Å². The number of hydrogen-bond acceptors (Lipinski definition) is 2. The molecule has 0 radical (unpaired) electrons. The highest BCUT2D eigenvalue weighted by molar-refractivity contribution is 5.74. The molecule has 0 unspecified atom stereocenters. The van der Waals surface area contributed by atoms with Crippen molar-refractivity contribution in [1.82, 2.24) is 5.32 Å². The van der Waals surface area contributed by atoms with Gasteiger partial charge in [-0.1, -0.05) is 54.6 Å². The molecule has 2 N–H and O–H groups in total. The summed E-state index contributed by atoms with van der Waals surface area (Å²) in [7, 11) is 0. The van der Waals surface area contributed by atoms with Crippen LogP contribution in [-0.4, -0.2) is 23.2 Å². The topological polar surface area (TPSA) is 49.3 Å². The maximum atomic E-state index is 11.5. The minimum Gasteiger partial charge on any atom is -0.480 e. The lowest BCUT2D eigenvalue weighted by atomic mass is 9.74. The number of rotatable bonds is 6. The van der Waals surface area contributed by atoms with Crippen molar-refractivity contribution in [2.75, 3.05) is 0 Å². The first-order valence-electron chi connectivity index (χ1n) is 8.22. The third kappa shape index (κ3) is 3.80. The van der Waals surface area contributed by atoms with Crippen molar-refractivity contribution in [2.45, 2.75) is 44.2 Å². The molecule has 1 fully saturated rings. The zero-order chi connectivity index (χ0) is 16.2. The Hall–Kier alpha value is -2.13. The van der Waals surface area contributed by atoms with Gasteiger partial charge in [-0.25, -0.2) is 0 Å². The largest absolute Gasteiger partial charge is 0.480 e. The molecule has 0 spiro atoms. The van der Waals surface area contributed by atoms with E-state index in [4.69, 9.17) is 0 Å². The minimum atomic E-state index is -0.770. The molecule has 0 amide bonds. The summed E-state index contributed by atoms with van der Waals surface area (Å²) in [5.41, 5.74) is 3.79. The Bertz CT molecular complexity index is 662. The number of hydrogen-bond donors (Lipinski definition) is 2. The average Bonchev–Trinajstić information content (AvgIpc) is 2.51. The summed E-state index contributed by atoms with van der Waals surface area (Å²) in [6.07, 6.45) is 2.56. The predicted molar refractivity (Wildman–Crippen MR) is 91.6 cm³/mol. The van der Waals surface area contributed by atoms with Crippen LogP contribution in [0.5, 0.6) is 0 Å². The lowest BCUT2D eigenvalue weighted by Gasteiger charge is -2.38. The molecule has 1 aliphatic rings. The van der Waals surface area contributed by atoms with E-state index in [0.717, 1.165) is 18.4 Å². The summed E-state index contributed by atoms with van der Waals surface area (Å²) in [4.78, 5) is 11.5. The summed E-state index contributed by atoms with van der Waals surface area (Å²) in [6, 6.07) is 18.1. The minimum absolute atomic E-state index is 0.296. The highest BCUT2D eigenvalue weighted by atomic mass is 16.4. The fraction of sp³-hybridized carbons (Fsp3) is 0.350. The second kappa shape index (κ2) is 6.97. The third-order valence-electron chi connectivity index (χ3n) is 4.78. The standard InChI is InChI=1S/C20H23NO2/c1-14-7-5-6-10-18(14)16-12-17(13-16)21-19(20(22)23)11-15-8-3-2-4-9-15/h2-10,16-17,19,21H,11-13H2,1H3,(H,22,23)/t16?,17?,19-/m0/s1. The second-order valence-corrected chi connectivity index (χ2v) is 6.47. The molecule has 3 heteroatoms. The van der Waals surface area contributed by atoms with E-state index >= 15 is 0 Å². The molecule has 2 aromatic rings. The molecule has 1 saturated carbocycles.